The third kappa shape index (κ3) is 4.65. The molecular formula is C25H22ClN5OS. The first-order valence-electron chi connectivity index (χ1n) is 10.8. The first-order valence-corrected chi connectivity index (χ1v) is 12.2. The second-order valence-corrected chi connectivity index (χ2v) is 9.18. The molecule has 2 aromatic heterocycles. The molecule has 33 heavy (non-hydrogen) atoms. The van der Waals surface area contributed by atoms with Crippen LogP contribution < -0.4 is 0 Å². The Morgan fingerprint density at radius 2 is 1.76 bits per heavy atom. The van der Waals surface area contributed by atoms with Crippen LogP contribution in [0.5, 0.6) is 0 Å². The molecule has 0 atom stereocenters. The van der Waals surface area contributed by atoms with Gasteiger partial charge in [0.1, 0.15) is 0 Å². The van der Waals surface area contributed by atoms with E-state index in [2.05, 4.69) is 15.2 Å². The van der Waals surface area contributed by atoms with Crippen LogP contribution in [-0.2, 0) is 5.75 Å². The van der Waals surface area contributed by atoms with Gasteiger partial charge in [0, 0.05) is 47.4 Å². The zero-order valence-electron chi connectivity index (χ0n) is 17.9. The fraction of sp³-hybridized carbons (Fsp3) is 0.200. The molecular weight excluding hydrogens is 454 g/mol. The summed E-state index contributed by atoms with van der Waals surface area (Å²) in [5.41, 5.74) is 3.54. The number of halogens is 1. The van der Waals surface area contributed by atoms with Crippen molar-refractivity contribution in [1.29, 1.82) is 0 Å². The van der Waals surface area contributed by atoms with E-state index in [4.69, 9.17) is 11.6 Å². The summed E-state index contributed by atoms with van der Waals surface area (Å²) >= 11 is 7.84. The topological polar surface area (TPSA) is 63.9 Å². The summed E-state index contributed by atoms with van der Waals surface area (Å²) < 4.78 is 2.00. The maximum Gasteiger partial charge on any atom is 0.254 e. The molecule has 2 aromatic carbocycles. The van der Waals surface area contributed by atoms with Crippen LogP contribution in [0, 0.1) is 0 Å². The third-order valence-electron chi connectivity index (χ3n) is 5.64. The van der Waals surface area contributed by atoms with E-state index in [1.54, 1.807) is 24.2 Å². The number of benzene rings is 2. The van der Waals surface area contributed by atoms with Gasteiger partial charge in [-0.05, 0) is 54.8 Å². The highest BCUT2D eigenvalue weighted by molar-refractivity contribution is 7.98. The van der Waals surface area contributed by atoms with Gasteiger partial charge in [0.2, 0.25) is 0 Å². The first kappa shape index (κ1) is 21.7. The largest absolute Gasteiger partial charge is 0.339 e. The molecule has 4 aromatic rings. The van der Waals surface area contributed by atoms with Gasteiger partial charge in [-0.15, -0.1) is 10.2 Å². The smallest absolute Gasteiger partial charge is 0.254 e. The van der Waals surface area contributed by atoms with Crippen LogP contribution in [0.4, 0.5) is 0 Å². The lowest BCUT2D eigenvalue weighted by Gasteiger charge is -2.17. The Labute approximate surface area is 201 Å². The molecule has 1 saturated heterocycles. The summed E-state index contributed by atoms with van der Waals surface area (Å²) in [6.07, 6.45) is 5.62. The molecule has 0 aliphatic carbocycles. The van der Waals surface area contributed by atoms with E-state index in [0.717, 1.165) is 53.5 Å². The van der Waals surface area contributed by atoms with Crippen molar-refractivity contribution in [2.45, 2.75) is 23.8 Å². The lowest BCUT2D eigenvalue weighted by atomic mass is 10.1. The van der Waals surface area contributed by atoms with Crippen LogP contribution in [0.25, 0.3) is 17.1 Å². The molecule has 0 N–H and O–H groups in total. The Balaban J connectivity index is 1.48. The molecule has 0 spiro atoms. The Kier molecular flexibility index (Phi) is 6.41. The molecule has 0 radical (unpaired) electrons. The number of aromatic nitrogens is 4. The van der Waals surface area contributed by atoms with Crippen molar-refractivity contribution < 1.29 is 4.79 Å². The highest BCUT2D eigenvalue weighted by Crippen LogP contribution is 2.31. The minimum absolute atomic E-state index is 0.109. The van der Waals surface area contributed by atoms with Crippen LogP contribution in [-0.4, -0.2) is 43.6 Å². The van der Waals surface area contributed by atoms with E-state index in [-0.39, 0.29) is 5.91 Å². The van der Waals surface area contributed by atoms with Gasteiger partial charge in [-0.1, -0.05) is 47.6 Å². The predicted octanol–water partition coefficient (Wildman–Crippen LogP) is 5.51. The number of carbonyl (C=O) groups excluding carboxylic acids is 1. The van der Waals surface area contributed by atoms with Gasteiger partial charge >= 0.3 is 0 Å². The monoisotopic (exact) mass is 475 g/mol. The normalized spacial score (nSPS) is 13.4. The van der Waals surface area contributed by atoms with Crippen LogP contribution in [0.1, 0.15) is 28.8 Å². The number of pyridine rings is 1. The van der Waals surface area contributed by atoms with Gasteiger partial charge in [0.25, 0.3) is 5.91 Å². The molecule has 0 saturated carbocycles. The number of hydrogen-bond acceptors (Lipinski definition) is 5. The highest BCUT2D eigenvalue weighted by Gasteiger charge is 2.22. The Bertz CT molecular complexity index is 1270. The maximum absolute atomic E-state index is 13.1. The van der Waals surface area contributed by atoms with Gasteiger partial charge in [-0.2, -0.15) is 0 Å². The molecule has 1 aliphatic heterocycles. The molecule has 1 fully saturated rings. The van der Waals surface area contributed by atoms with Crippen molar-refractivity contribution >= 4 is 29.3 Å². The van der Waals surface area contributed by atoms with E-state index >= 15 is 0 Å². The SMILES string of the molecule is O=C(c1ccccc1CSc1nnc(-c2ccncc2)n1-c1cccc(Cl)c1)N1CCCC1. The van der Waals surface area contributed by atoms with Gasteiger partial charge < -0.3 is 4.90 Å². The van der Waals surface area contributed by atoms with E-state index in [1.807, 2.05) is 70.1 Å². The quantitative estimate of drug-likeness (QED) is 0.344. The van der Waals surface area contributed by atoms with Crippen molar-refractivity contribution in [2.24, 2.45) is 0 Å². The van der Waals surface area contributed by atoms with Crippen molar-refractivity contribution in [3.8, 4) is 17.1 Å². The zero-order valence-corrected chi connectivity index (χ0v) is 19.5. The minimum atomic E-state index is 0.109. The molecule has 8 heteroatoms. The van der Waals surface area contributed by atoms with Gasteiger partial charge in [-0.25, -0.2) is 0 Å². The Morgan fingerprint density at radius 3 is 2.55 bits per heavy atom. The average Bonchev–Trinajstić information content (AvgIpc) is 3.53. The average molecular weight is 476 g/mol. The summed E-state index contributed by atoms with van der Waals surface area (Å²) in [6.45, 7) is 1.66. The van der Waals surface area contributed by atoms with Crippen molar-refractivity contribution in [3.05, 3.63) is 89.2 Å². The third-order valence-corrected chi connectivity index (χ3v) is 6.85. The molecule has 0 unspecified atom stereocenters. The summed E-state index contributed by atoms with van der Waals surface area (Å²) in [5.74, 6) is 1.42. The van der Waals surface area contributed by atoms with Crippen molar-refractivity contribution in [3.63, 3.8) is 0 Å². The van der Waals surface area contributed by atoms with E-state index in [1.165, 1.54) is 0 Å². The van der Waals surface area contributed by atoms with Crippen LogP contribution in [0.2, 0.25) is 5.02 Å². The van der Waals surface area contributed by atoms with Crippen LogP contribution in [0.15, 0.2) is 78.2 Å². The Hall–Kier alpha value is -3.16. The highest BCUT2D eigenvalue weighted by atomic mass is 35.5. The number of rotatable bonds is 6. The van der Waals surface area contributed by atoms with Crippen molar-refractivity contribution in [1.82, 2.24) is 24.6 Å². The predicted molar refractivity (Wildman–Crippen MR) is 131 cm³/mol. The summed E-state index contributed by atoms with van der Waals surface area (Å²) in [4.78, 5) is 19.1. The van der Waals surface area contributed by atoms with E-state index < -0.39 is 0 Å². The number of hydrogen-bond donors (Lipinski definition) is 0. The standard InChI is InChI=1S/C25H22ClN5OS/c26-20-7-5-8-21(16-20)31-23(18-10-12-27-13-11-18)28-29-25(31)33-17-19-6-1-2-9-22(19)24(32)30-14-3-4-15-30/h1-2,5-13,16H,3-4,14-15,17H2. The van der Waals surface area contributed by atoms with Crippen LogP contribution in [0.3, 0.4) is 0 Å². The first-order chi connectivity index (χ1) is 16.2. The van der Waals surface area contributed by atoms with Gasteiger partial charge in [0.05, 0.1) is 5.69 Å². The number of nitrogens with zero attached hydrogens (tertiary/aromatic N) is 5. The van der Waals surface area contributed by atoms with E-state index in [9.17, 15) is 4.79 Å². The second-order valence-electron chi connectivity index (χ2n) is 7.80. The number of carbonyl (C=O) groups is 1. The zero-order chi connectivity index (χ0) is 22.6. The second kappa shape index (κ2) is 9.77. The molecule has 1 aliphatic rings. The molecule has 6 nitrogen and oxygen atoms in total. The number of likely N-dealkylation sites (tertiary alicyclic amines) is 1. The molecule has 5 rings (SSSR count). The number of amides is 1. The lowest BCUT2D eigenvalue weighted by molar-refractivity contribution is 0.0792. The lowest BCUT2D eigenvalue weighted by Crippen LogP contribution is -2.28. The minimum Gasteiger partial charge on any atom is -0.339 e. The summed E-state index contributed by atoms with van der Waals surface area (Å²) in [5, 5.41) is 10.3. The molecule has 166 valence electrons. The van der Waals surface area contributed by atoms with Crippen LogP contribution >= 0.6 is 23.4 Å². The molecule has 1 amide bonds. The Morgan fingerprint density at radius 1 is 0.970 bits per heavy atom. The van der Waals surface area contributed by atoms with Crippen molar-refractivity contribution in [2.75, 3.05) is 13.1 Å². The molecule has 3 heterocycles. The summed E-state index contributed by atoms with van der Waals surface area (Å²) in [6, 6.07) is 19.3. The van der Waals surface area contributed by atoms with Gasteiger partial charge in [-0.3, -0.25) is 14.3 Å². The summed E-state index contributed by atoms with van der Waals surface area (Å²) in [7, 11) is 0. The molecule has 0 bridgehead atoms. The number of thioether (sulfide) groups is 1. The van der Waals surface area contributed by atoms with Gasteiger partial charge in [0.15, 0.2) is 11.0 Å². The maximum atomic E-state index is 13.1. The van der Waals surface area contributed by atoms with E-state index in [0.29, 0.717) is 16.6 Å². The fourth-order valence-electron chi connectivity index (χ4n) is 3.99. The fourth-order valence-corrected chi connectivity index (χ4v) is 5.13.